The summed E-state index contributed by atoms with van der Waals surface area (Å²) in [6, 6.07) is 16.2. The van der Waals surface area contributed by atoms with E-state index in [-0.39, 0.29) is 17.6 Å². The number of likely N-dealkylation sites (N-methyl/N-ethyl adjacent to an activating group) is 1. The number of hydrogen-bond acceptors (Lipinski definition) is 3. The van der Waals surface area contributed by atoms with Crippen LogP contribution in [0.15, 0.2) is 54.6 Å². The van der Waals surface area contributed by atoms with E-state index in [1.807, 2.05) is 44.4 Å². The Morgan fingerprint density at radius 3 is 2.20 bits per heavy atom. The predicted molar refractivity (Wildman–Crippen MR) is 96.5 cm³/mol. The first-order valence-corrected chi connectivity index (χ1v) is 8.02. The first-order chi connectivity index (χ1) is 12.0. The van der Waals surface area contributed by atoms with Gasteiger partial charge in [-0.1, -0.05) is 42.5 Å². The highest BCUT2D eigenvalue weighted by atomic mass is 16.4. The normalized spacial score (nSPS) is 11.8. The molecule has 0 spiro atoms. The predicted octanol–water partition coefficient (Wildman–Crippen LogP) is 2.49. The van der Waals surface area contributed by atoms with Crippen molar-refractivity contribution >= 4 is 12.0 Å². The van der Waals surface area contributed by atoms with E-state index in [1.165, 1.54) is 12.1 Å². The second-order valence-electron chi connectivity index (χ2n) is 5.96. The van der Waals surface area contributed by atoms with Crippen LogP contribution in [0.25, 0.3) is 0 Å². The van der Waals surface area contributed by atoms with Gasteiger partial charge >= 0.3 is 12.0 Å². The van der Waals surface area contributed by atoms with Gasteiger partial charge in [-0.25, -0.2) is 9.59 Å². The fourth-order valence-corrected chi connectivity index (χ4v) is 2.47. The van der Waals surface area contributed by atoms with Gasteiger partial charge in [-0.05, 0) is 37.4 Å². The molecular weight excluding hydrogens is 318 g/mol. The molecule has 2 aromatic carbocycles. The minimum atomic E-state index is -0.965. The van der Waals surface area contributed by atoms with Crippen LogP contribution in [-0.2, 0) is 6.54 Å². The topological polar surface area (TPSA) is 81.7 Å². The second-order valence-corrected chi connectivity index (χ2v) is 5.96. The van der Waals surface area contributed by atoms with Gasteiger partial charge in [0.05, 0.1) is 11.6 Å². The van der Waals surface area contributed by atoms with Crippen LogP contribution in [-0.4, -0.2) is 42.6 Å². The summed E-state index contributed by atoms with van der Waals surface area (Å²) in [5.41, 5.74) is 2.20. The van der Waals surface area contributed by atoms with E-state index in [9.17, 15) is 9.59 Å². The summed E-state index contributed by atoms with van der Waals surface area (Å²) >= 11 is 0. The van der Waals surface area contributed by atoms with Crippen molar-refractivity contribution < 1.29 is 14.7 Å². The fraction of sp³-hybridized carbons (Fsp3) is 0.263. The van der Waals surface area contributed by atoms with Crippen molar-refractivity contribution in [2.24, 2.45) is 0 Å². The third-order valence-corrected chi connectivity index (χ3v) is 3.92. The van der Waals surface area contributed by atoms with Gasteiger partial charge in [0.15, 0.2) is 0 Å². The van der Waals surface area contributed by atoms with Crippen molar-refractivity contribution in [1.82, 2.24) is 15.5 Å². The molecule has 0 saturated heterocycles. The Labute approximate surface area is 147 Å². The maximum absolute atomic E-state index is 12.0. The zero-order chi connectivity index (χ0) is 18.2. The van der Waals surface area contributed by atoms with Crippen molar-refractivity contribution in [1.29, 1.82) is 0 Å². The highest BCUT2D eigenvalue weighted by Gasteiger charge is 2.14. The second kappa shape index (κ2) is 8.84. The van der Waals surface area contributed by atoms with Crippen LogP contribution in [0, 0.1) is 0 Å². The Balaban J connectivity index is 1.84. The maximum Gasteiger partial charge on any atom is 0.335 e. The van der Waals surface area contributed by atoms with Crippen LogP contribution in [0.3, 0.4) is 0 Å². The molecule has 0 fully saturated rings. The van der Waals surface area contributed by atoms with Crippen LogP contribution in [0.5, 0.6) is 0 Å². The molecule has 6 nitrogen and oxygen atoms in total. The standard InChI is InChI=1S/C19H23N3O3/c1-22(2)17(15-6-4-3-5-7-15)13-21-19(25)20-12-14-8-10-16(11-9-14)18(23)24/h3-11,17H,12-13H2,1-2H3,(H,23,24)(H2,20,21,25). The molecule has 0 aliphatic rings. The van der Waals surface area contributed by atoms with Gasteiger partial charge < -0.3 is 20.6 Å². The zero-order valence-electron chi connectivity index (χ0n) is 14.4. The van der Waals surface area contributed by atoms with Gasteiger partial charge in [0, 0.05) is 13.1 Å². The third kappa shape index (κ3) is 5.61. The average molecular weight is 341 g/mol. The first kappa shape index (κ1) is 18.5. The molecule has 0 aromatic heterocycles. The Kier molecular flexibility index (Phi) is 6.54. The number of benzene rings is 2. The zero-order valence-corrected chi connectivity index (χ0v) is 14.4. The third-order valence-electron chi connectivity index (χ3n) is 3.92. The van der Waals surface area contributed by atoms with Gasteiger partial charge in [0.1, 0.15) is 0 Å². The van der Waals surface area contributed by atoms with Crippen LogP contribution in [0.2, 0.25) is 0 Å². The molecule has 1 atom stereocenters. The van der Waals surface area contributed by atoms with E-state index in [4.69, 9.17) is 5.11 Å². The molecule has 2 aromatic rings. The molecule has 3 N–H and O–H groups in total. The summed E-state index contributed by atoms with van der Waals surface area (Å²) in [6.07, 6.45) is 0. The smallest absolute Gasteiger partial charge is 0.335 e. The summed E-state index contributed by atoms with van der Waals surface area (Å²) in [5.74, 6) is -0.965. The van der Waals surface area contributed by atoms with Gasteiger partial charge in [0.25, 0.3) is 0 Å². The number of carboxylic acids is 1. The SMILES string of the molecule is CN(C)C(CNC(=O)NCc1ccc(C(=O)O)cc1)c1ccccc1. The largest absolute Gasteiger partial charge is 0.478 e. The number of carbonyl (C=O) groups is 2. The molecule has 25 heavy (non-hydrogen) atoms. The number of amides is 2. The molecule has 0 bridgehead atoms. The van der Waals surface area contributed by atoms with Gasteiger partial charge in [0.2, 0.25) is 0 Å². The highest BCUT2D eigenvalue weighted by Crippen LogP contribution is 2.16. The number of carboxylic acid groups (broad SMARTS) is 1. The van der Waals surface area contributed by atoms with Crippen LogP contribution >= 0.6 is 0 Å². The maximum atomic E-state index is 12.0. The molecule has 0 radical (unpaired) electrons. The summed E-state index contributed by atoms with van der Waals surface area (Å²) in [6.45, 7) is 0.824. The minimum absolute atomic E-state index is 0.0850. The van der Waals surface area contributed by atoms with Gasteiger partial charge in [-0.2, -0.15) is 0 Å². The molecule has 132 valence electrons. The molecule has 0 aliphatic heterocycles. The lowest BCUT2D eigenvalue weighted by Crippen LogP contribution is -2.40. The Morgan fingerprint density at radius 2 is 1.64 bits per heavy atom. The minimum Gasteiger partial charge on any atom is -0.478 e. The van der Waals surface area contributed by atoms with E-state index in [0.29, 0.717) is 13.1 Å². The number of nitrogens with one attached hydrogen (secondary N) is 2. The van der Waals surface area contributed by atoms with E-state index < -0.39 is 5.97 Å². The van der Waals surface area contributed by atoms with Gasteiger partial charge in [-0.3, -0.25) is 0 Å². The number of rotatable bonds is 7. The molecule has 0 saturated carbocycles. The van der Waals surface area contributed by atoms with Crippen molar-refractivity contribution in [2.45, 2.75) is 12.6 Å². The molecule has 1 unspecified atom stereocenters. The van der Waals surface area contributed by atoms with Crippen LogP contribution in [0.4, 0.5) is 4.79 Å². The lowest BCUT2D eigenvalue weighted by Gasteiger charge is -2.25. The molecule has 6 heteroatoms. The number of urea groups is 1. The van der Waals surface area contributed by atoms with Crippen LogP contribution in [0.1, 0.15) is 27.5 Å². The van der Waals surface area contributed by atoms with Gasteiger partial charge in [-0.15, -0.1) is 0 Å². The van der Waals surface area contributed by atoms with Crippen molar-refractivity contribution in [3.63, 3.8) is 0 Å². The first-order valence-electron chi connectivity index (χ1n) is 8.02. The fourth-order valence-electron chi connectivity index (χ4n) is 2.47. The van der Waals surface area contributed by atoms with E-state index >= 15 is 0 Å². The summed E-state index contributed by atoms with van der Waals surface area (Å²) in [5, 5.41) is 14.5. The molecule has 2 rings (SSSR count). The molecule has 0 heterocycles. The number of carbonyl (C=O) groups excluding carboxylic acids is 1. The number of hydrogen-bond donors (Lipinski definition) is 3. The Hall–Kier alpha value is -2.86. The summed E-state index contributed by atoms with van der Waals surface area (Å²) in [7, 11) is 3.95. The van der Waals surface area contributed by atoms with E-state index in [2.05, 4.69) is 15.5 Å². The lowest BCUT2D eigenvalue weighted by atomic mass is 10.1. The molecule has 2 amide bonds. The van der Waals surface area contributed by atoms with Crippen molar-refractivity contribution in [2.75, 3.05) is 20.6 Å². The van der Waals surface area contributed by atoms with Crippen molar-refractivity contribution in [3.8, 4) is 0 Å². The highest BCUT2D eigenvalue weighted by molar-refractivity contribution is 5.87. The van der Waals surface area contributed by atoms with Crippen LogP contribution < -0.4 is 10.6 Å². The monoisotopic (exact) mass is 341 g/mol. The van der Waals surface area contributed by atoms with Crippen molar-refractivity contribution in [3.05, 3.63) is 71.3 Å². The quantitative estimate of drug-likeness (QED) is 0.723. The number of aromatic carboxylic acids is 1. The van der Waals surface area contributed by atoms with E-state index in [0.717, 1.165) is 11.1 Å². The molecule has 0 aliphatic carbocycles. The number of nitrogens with zero attached hydrogens (tertiary/aromatic N) is 1. The molecular formula is C19H23N3O3. The summed E-state index contributed by atoms with van der Waals surface area (Å²) in [4.78, 5) is 24.9. The summed E-state index contributed by atoms with van der Waals surface area (Å²) < 4.78 is 0. The van der Waals surface area contributed by atoms with E-state index in [1.54, 1.807) is 12.1 Å². The lowest BCUT2D eigenvalue weighted by molar-refractivity contribution is 0.0697. The Bertz CT molecular complexity index is 700. The average Bonchev–Trinajstić information content (AvgIpc) is 2.61. The Morgan fingerprint density at radius 1 is 1.00 bits per heavy atom.